The summed E-state index contributed by atoms with van der Waals surface area (Å²) < 4.78 is 1.25. The van der Waals surface area contributed by atoms with Crippen molar-refractivity contribution in [1.82, 2.24) is 20.2 Å². The Labute approximate surface area is 171 Å². The number of fused-ring (bicyclic) bond motifs is 1. The van der Waals surface area contributed by atoms with E-state index >= 15 is 0 Å². The van der Waals surface area contributed by atoms with Gasteiger partial charge in [0.15, 0.2) is 10.9 Å². The van der Waals surface area contributed by atoms with Crippen LogP contribution < -0.4 is 9.80 Å². The molecule has 0 aliphatic carbocycles. The SMILES string of the molecule is Cc1nc(C)c(-c2ccc(N3CCN(c4nc5ccccc5s4)CC3)nn2)s1. The van der Waals surface area contributed by atoms with Crippen LogP contribution in [-0.2, 0) is 0 Å². The number of benzene rings is 1. The second-order valence-electron chi connectivity index (χ2n) is 6.86. The van der Waals surface area contributed by atoms with Crippen LogP contribution in [0.15, 0.2) is 36.4 Å². The molecule has 0 amide bonds. The maximum absolute atomic E-state index is 4.78. The number of hydrogen-bond acceptors (Lipinski definition) is 8. The van der Waals surface area contributed by atoms with Crippen molar-refractivity contribution in [3.8, 4) is 10.6 Å². The van der Waals surface area contributed by atoms with Crippen LogP contribution >= 0.6 is 22.7 Å². The molecule has 0 N–H and O–H groups in total. The summed E-state index contributed by atoms with van der Waals surface area (Å²) in [5.74, 6) is 0.937. The number of nitrogens with zero attached hydrogens (tertiary/aromatic N) is 6. The molecule has 1 saturated heterocycles. The number of piperazine rings is 1. The smallest absolute Gasteiger partial charge is 0.186 e. The lowest BCUT2D eigenvalue weighted by atomic mass is 10.2. The van der Waals surface area contributed by atoms with Gasteiger partial charge >= 0.3 is 0 Å². The Hall–Kier alpha value is -2.58. The highest BCUT2D eigenvalue weighted by Crippen LogP contribution is 2.30. The summed E-state index contributed by atoms with van der Waals surface area (Å²) in [6, 6.07) is 12.5. The molecule has 0 radical (unpaired) electrons. The third-order valence-corrected chi connectivity index (χ3v) is 7.14. The minimum atomic E-state index is 0.903. The van der Waals surface area contributed by atoms with E-state index in [9.17, 15) is 0 Å². The summed E-state index contributed by atoms with van der Waals surface area (Å²) in [5.41, 5.74) is 3.01. The van der Waals surface area contributed by atoms with E-state index in [0.717, 1.165) is 63.9 Å². The Bertz CT molecular complexity index is 1080. The monoisotopic (exact) mass is 408 g/mol. The van der Waals surface area contributed by atoms with Crippen molar-refractivity contribution in [1.29, 1.82) is 0 Å². The standard InChI is InChI=1S/C20H20N6S2/c1-13-19(27-14(2)21-13)16-7-8-18(24-23-16)25-9-11-26(12-10-25)20-22-15-5-3-4-6-17(15)28-20/h3-8H,9-12H2,1-2H3. The van der Waals surface area contributed by atoms with Crippen molar-refractivity contribution in [2.45, 2.75) is 13.8 Å². The van der Waals surface area contributed by atoms with E-state index in [4.69, 9.17) is 4.98 Å². The molecular formula is C20H20N6S2. The van der Waals surface area contributed by atoms with Gasteiger partial charge in [-0.2, -0.15) is 0 Å². The van der Waals surface area contributed by atoms with Crippen LogP contribution in [-0.4, -0.2) is 46.3 Å². The lowest BCUT2D eigenvalue weighted by Gasteiger charge is -2.34. The molecule has 8 heteroatoms. The van der Waals surface area contributed by atoms with Crippen LogP contribution in [0.5, 0.6) is 0 Å². The molecular weight excluding hydrogens is 388 g/mol. The van der Waals surface area contributed by atoms with E-state index in [1.807, 2.05) is 19.9 Å². The molecule has 6 nitrogen and oxygen atoms in total. The first-order valence-electron chi connectivity index (χ1n) is 9.31. The Morgan fingerprint density at radius 2 is 1.61 bits per heavy atom. The summed E-state index contributed by atoms with van der Waals surface area (Å²) in [6.07, 6.45) is 0. The molecule has 1 aliphatic heterocycles. The van der Waals surface area contributed by atoms with Gasteiger partial charge in [-0.05, 0) is 38.1 Å². The van der Waals surface area contributed by atoms with Crippen molar-refractivity contribution in [2.75, 3.05) is 36.0 Å². The predicted octanol–water partition coefficient (Wildman–Crippen LogP) is 4.15. The van der Waals surface area contributed by atoms with Crippen molar-refractivity contribution >= 4 is 43.8 Å². The predicted molar refractivity (Wildman–Crippen MR) is 117 cm³/mol. The number of thiazole rings is 2. The number of rotatable bonds is 3. The Morgan fingerprint density at radius 1 is 0.821 bits per heavy atom. The van der Waals surface area contributed by atoms with E-state index in [2.05, 4.69) is 55.3 Å². The highest BCUT2D eigenvalue weighted by Gasteiger charge is 2.21. The van der Waals surface area contributed by atoms with Crippen molar-refractivity contribution in [3.05, 3.63) is 47.1 Å². The Balaban J connectivity index is 1.28. The molecule has 0 atom stereocenters. The Morgan fingerprint density at radius 3 is 2.29 bits per heavy atom. The lowest BCUT2D eigenvalue weighted by molar-refractivity contribution is 0.643. The summed E-state index contributed by atoms with van der Waals surface area (Å²) in [5, 5.41) is 11.1. The van der Waals surface area contributed by atoms with E-state index in [-0.39, 0.29) is 0 Å². The average Bonchev–Trinajstić information content (AvgIpc) is 3.31. The van der Waals surface area contributed by atoms with Gasteiger partial charge in [-0.1, -0.05) is 23.5 Å². The van der Waals surface area contributed by atoms with Crippen LogP contribution in [0.1, 0.15) is 10.7 Å². The maximum atomic E-state index is 4.78. The van der Waals surface area contributed by atoms with Crippen LogP contribution in [0, 0.1) is 13.8 Å². The molecule has 0 saturated carbocycles. The second-order valence-corrected chi connectivity index (χ2v) is 9.07. The molecule has 28 heavy (non-hydrogen) atoms. The van der Waals surface area contributed by atoms with Crippen LogP contribution in [0.2, 0.25) is 0 Å². The van der Waals surface area contributed by atoms with Gasteiger partial charge < -0.3 is 9.80 Å². The zero-order valence-corrected chi connectivity index (χ0v) is 17.4. The van der Waals surface area contributed by atoms with Gasteiger partial charge in [0.1, 0.15) is 5.69 Å². The van der Waals surface area contributed by atoms with Crippen molar-refractivity contribution in [2.24, 2.45) is 0 Å². The molecule has 5 rings (SSSR count). The van der Waals surface area contributed by atoms with Gasteiger partial charge in [0.2, 0.25) is 0 Å². The number of aromatic nitrogens is 4. The summed E-state index contributed by atoms with van der Waals surface area (Å²) in [6.45, 7) is 7.77. The van der Waals surface area contributed by atoms with Gasteiger partial charge in [-0.3, -0.25) is 0 Å². The number of aryl methyl sites for hydroxylation is 2. The topological polar surface area (TPSA) is 58.0 Å². The van der Waals surface area contributed by atoms with E-state index < -0.39 is 0 Å². The van der Waals surface area contributed by atoms with Gasteiger partial charge in [0.25, 0.3) is 0 Å². The molecule has 4 aromatic rings. The number of para-hydroxylation sites is 1. The fourth-order valence-electron chi connectivity index (χ4n) is 3.51. The fraction of sp³-hybridized carbons (Fsp3) is 0.300. The van der Waals surface area contributed by atoms with Crippen LogP contribution in [0.4, 0.5) is 10.9 Å². The van der Waals surface area contributed by atoms with Crippen molar-refractivity contribution in [3.63, 3.8) is 0 Å². The average molecular weight is 409 g/mol. The van der Waals surface area contributed by atoms with Gasteiger partial charge in [0.05, 0.1) is 25.8 Å². The quantitative estimate of drug-likeness (QED) is 0.507. The first-order valence-corrected chi connectivity index (χ1v) is 10.9. The molecule has 0 unspecified atom stereocenters. The highest BCUT2D eigenvalue weighted by molar-refractivity contribution is 7.22. The third-order valence-electron chi connectivity index (χ3n) is 4.94. The largest absolute Gasteiger partial charge is 0.352 e. The van der Waals surface area contributed by atoms with Crippen molar-refractivity contribution < 1.29 is 0 Å². The van der Waals surface area contributed by atoms with E-state index in [1.54, 1.807) is 22.7 Å². The molecule has 1 aliphatic rings. The first-order chi connectivity index (χ1) is 13.7. The fourth-order valence-corrected chi connectivity index (χ4v) is 5.41. The minimum absolute atomic E-state index is 0.903. The van der Waals surface area contributed by atoms with E-state index in [1.165, 1.54) is 4.70 Å². The molecule has 0 spiro atoms. The molecule has 1 fully saturated rings. The number of anilines is 2. The summed E-state index contributed by atoms with van der Waals surface area (Å²) >= 11 is 3.44. The Kier molecular flexibility index (Phi) is 4.44. The zero-order chi connectivity index (χ0) is 19.1. The molecule has 3 aromatic heterocycles. The van der Waals surface area contributed by atoms with Crippen LogP contribution in [0.25, 0.3) is 20.8 Å². The highest BCUT2D eigenvalue weighted by atomic mass is 32.1. The first kappa shape index (κ1) is 17.5. The van der Waals surface area contributed by atoms with Gasteiger partial charge in [0, 0.05) is 26.2 Å². The van der Waals surface area contributed by atoms with Gasteiger partial charge in [-0.25, -0.2) is 9.97 Å². The van der Waals surface area contributed by atoms with Crippen LogP contribution in [0.3, 0.4) is 0 Å². The maximum Gasteiger partial charge on any atom is 0.186 e. The summed E-state index contributed by atoms with van der Waals surface area (Å²) in [7, 11) is 0. The minimum Gasteiger partial charge on any atom is -0.352 e. The summed E-state index contributed by atoms with van der Waals surface area (Å²) in [4.78, 5) is 15.0. The molecule has 142 valence electrons. The number of hydrogen-bond donors (Lipinski definition) is 0. The van der Waals surface area contributed by atoms with E-state index in [0.29, 0.717) is 0 Å². The normalized spacial score (nSPS) is 14.8. The molecule has 4 heterocycles. The molecule has 1 aromatic carbocycles. The zero-order valence-electron chi connectivity index (χ0n) is 15.8. The molecule has 0 bridgehead atoms. The third kappa shape index (κ3) is 3.22. The lowest BCUT2D eigenvalue weighted by Crippen LogP contribution is -2.46. The van der Waals surface area contributed by atoms with Gasteiger partial charge in [-0.15, -0.1) is 21.5 Å². The second kappa shape index (κ2) is 7.10.